The lowest BCUT2D eigenvalue weighted by molar-refractivity contribution is -0.133. The summed E-state index contributed by atoms with van der Waals surface area (Å²) in [6.07, 6.45) is 4.03. The number of amides is 1. The Morgan fingerprint density at radius 1 is 1.39 bits per heavy atom. The van der Waals surface area contributed by atoms with E-state index in [0.717, 1.165) is 19.1 Å². The van der Waals surface area contributed by atoms with Crippen molar-refractivity contribution in [2.75, 3.05) is 12.8 Å². The Labute approximate surface area is 135 Å². The van der Waals surface area contributed by atoms with Crippen LogP contribution in [0.1, 0.15) is 31.2 Å². The number of halogens is 1. The van der Waals surface area contributed by atoms with Gasteiger partial charge in [-0.05, 0) is 43.7 Å². The molecule has 1 aromatic rings. The van der Waals surface area contributed by atoms with Gasteiger partial charge in [-0.2, -0.15) is 0 Å². The number of hydrogen-bond donors (Lipinski definition) is 2. The Kier molecular flexibility index (Phi) is 5.26. The fourth-order valence-corrected chi connectivity index (χ4v) is 3.21. The molecule has 3 N–H and O–H groups in total. The lowest BCUT2D eigenvalue weighted by Gasteiger charge is -2.26. The molecule has 128 valence electrons. The minimum absolute atomic E-state index is 0.112. The second-order valence-electron chi connectivity index (χ2n) is 5.84. The first-order valence-corrected chi connectivity index (χ1v) is 9.33. The minimum Gasteiger partial charge on any atom is -0.477 e. The maximum atomic E-state index is 14.1. The fourth-order valence-electron chi connectivity index (χ4n) is 2.74. The summed E-state index contributed by atoms with van der Waals surface area (Å²) in [6, 6.07) is 4.30. The maximum Gasteiger partial charge on any atom is 0.261 e. The predicted molar refractivity (Wildman–Crippen MR) is 84.0 cm³/mol. The Bertz CT molecular complexity index is 685. The van der Waals surface area contributed by atoms with E-state index in [0.29, 0.717) is 18.4 Å². The van der Waals surface area contributed by atoms with Crippen LogP contribution in [0.5, 0.6) is 5.75 Å². The van der Waals surface area contributed by atoms with Crippen molar-refractivity contribution < 1.29 is 22.3 Å². The van der Waals surface area contributed by atoms with Crippen molar-refractivity contribution in [3.63, 3.8) is 0 Å². The van der Waals surface area contributed by atoms with Crippen LogP contribution in [0, 0.1) is 5.82 Å². The molecule has 0 bridgehead atoms. The largest absolute Gasteiger partial charge is 0.477 e. The van der Waals surface area contributed by atoms with Crippen LogP contribution in [0.3, 0.4) is 0 Å². The molecular weight excluding hydrogens is 323 g/mol. The van der Waals surface area contributed by atoms with Crippen molar-refractivity contribution in [3.05, 3.63) is 29.6 Å². The SMILES string of the molecule is CS(=O)(=O)NCCc1ccc(OC2(C(N)=O)CCCC2)cc1F. The van der Waals surface area contributed by atoms with Crippen LogP contribution in [0.25, 0.3) is 0 Å². The van der Waals surface area contributed by atoms with E-state index >= 15 is 0 Å². The molecule has 0 atom stereocenters. The van der Waals surface area contributed by atoms with E-state index in [1.165, 1.54) is 12.1 Å². The summed E-state index contributed by atoms with van der Waals surface area (Å²) in [7, 11) is -3.30. The molecule has 0 radical (unpaired) electrons. The van der Waals surface area contributed by atoms with Crippen molar-refractivity contribution in [2.45, 2.75) is 37.7 Å². The molecular formula is C15H21FN2O4S. The summed E-state index contributed by atoms with van der Waals surface area (Å²) in [4.78, 5) is 11.7. The molecule has 0 heterocycles. The minimum atomic E-state index is -3.30. The van der Waals surface area contributed by atoms with E-state index < -0.39 is 27.3 Å². The van der Waals surface area contributed by atoms with Crippen molar-refractivity contribution >= 4 is 15.9 Å². The van der Waals surface area contributed by atoms with Gasteiger partial charge in [0.15, 0.2) is 5.60 Å². The summed E-state index contributed by atoms with van der Waals surface area (Å²) >= 11 is 0. The number of primary amides is 1. The first kappa shape index (κ1) is 17.7. The zero-order chi connectivity index (χ0) is 17.1. The Morgan fingerprint density at radius 2 is 2.04 bits per heavy atom. The van der Waals surface area contributed by atoms with Gasteiger partial charge in [-0.1, -0.05) is 6.07 Å². The quantitative estimate of drug-likeness (QED) is 0.773. The topological polar surface area (TPSA) is 98.5 Å². The first-order valence-electron chi connectivity index (χ1n) is 7.44. The number of nitrogens with one attached hydrogen (secondary N) is 1. The van der Waals surface area contributed by atoms with Gasteiger partial charge >= 0.3 is 0 Å². The molecule has 23 heavy (non-hydrogen) atoms. The smallest absolute Gasteiger partial charge is 0.261 e. The van der Waals surface area contributed by atoms with Crippen LogP contribution in [0.4, 0.5) is 4.39 Å². The van der Waals surface area contributed by atoms with E-state index in [1.54, 1.807) is 6.07 Å². The number of benzene rings is 1. The summed E-state index contributed by atoms with van der Waals surface area (Å²) in [5, 5.41) is 0. The molecule has 1 aliphatic carbocycles. The molecule has 0 saturated heterocycles. The predicted octanol–water partition coefficient (Wildman–Crippen LogP) is 1.09. The second-order valence-corrected chi connectivity index (χ2v) is 7.67. The molecule has 0 unspecified atom stereocenters. The zero-order valence-electron chi connectivity index (χ0n) is 13.0. The molecule has 1 aliphatic rings. The van der Waals surface area contributed by atoms with E-state index in [4.69, 9.17) is 10.5 Å². The van der Waals surface area contributed by atoms with Gasteiger partial charge in [0.2, 0.25) is 10.0 Å². The monoisotopic (exact) mass is 344 g/mol. The second kappa shape index (κ2) is 6.84. The standard InChI is InChI=1S/C15H21FN2O4S/c1-23(20,21)18-9-6-11-4-5-12(10-13(11)16)22-15(14(17)19)7-2-3-8-15/h4-5,10,18H,2-3,6-9H2,1H3,(H2,17,19). The van der Waals surface area contributed by atoms with Gasteiger partial charge < -0.3 is 10.5 Å². The average molecular weight is 344 g/mol. The molecule has 6 nitrogen and oxygen atoms in total. The molecule has 0 aromatic heterocycles. The summed E-state index contributed by atoms with van der Waals surface area (Å²) < 4.78 is 44.1. The van der Waals surface area contributed by atoms with Crippen molar-refractivity contribution in [1.82, 2.24) is 4.72 Å². The number of hydrogen-bond acceptors (Lipinski definition) is 4. The van der Waals surface area contributed by atoms with Gasteiger partial charge in [-0.3, -0.25) is 4.79 Å². The maximum absolute atomic E-state index is 14.1. The summed E-state index contributed by atoms with van der Waals surface area (Å²) in [5.74, 6) is -0.782. The number of carbonyl (C=O) groups is 1. The van der Waals surface area contributed by atoms with Gasteiger partial charge in [0.1, 0.15) is 11.6 Å². The van der Waals surface area contributed by atoms with Crippen LogP contribution >= 0.6 is 0 Å². The molecule has 2 rings (SSSR count). The highest BCUT2D eigenvalue weighted by molar-refractivity contribution is 7.88. The van der Waals surface area contributed by atoms with Crippen LogP contribution in [-0.4, -0.2) is 32.7 Å². The van der Waals surface area contributed by atoms with Gasteiger partial charge in [0.05, 0.1) is 6.26 Å². The Hall–Kier alpha value is -1.67. The number of rotatable bonds is 7. The van der Waals surface area contributed by atoms with E-state index in [1.807, 2.05) is 0 Å². The third-order valence-electron chi connectivity index (χ3n) is 3.96. The van der Waals surface area contributed by atoms with Crippen LogP contribution in [-0.2, 0) is 21.2 Å². The fraction of sp³-hybridized carbons (Fsp3) is 0.533. The summed E-state index contributed by atoms with van der Waals surface area (Å²) in [6.45, 7) is 0.112. The number of ether oxygens (including phenoxy) is 1. The molecule has 1 saturated carbocycles. The lowest BCUT2D eigenvalue weighted by atomic mass is 10.0. The van der Waals surface area contributed by atoms with E-state index in [9.17, 15) is 17.6 Å². The molecule has 8 heteroatoms. The number of nitrogens with two attached hydrogens (primary N) is 1. The normalized spacial score (nSPS) is 17.1. The van der Waals surface area contributed by atoms with Crippen LogP contribution < -0.4 is 15.2 Å². The average Bonchev–Trinajstić information content (AvgIpc) is 2.90. The highest BCUT2D eigenvalue weighted by Gasteiger charge is 2.42. The van der Waals surface area contributed by atoms with Gasteiger partial charge in [0.25, 0.3) is 5.91 Å². The third kappa shape index (κ3) is 4.65. The molecule has 1 aromatic carbocycles. The van der Waals surface area contributed by atoms with E-state index in [-0.39, 0.29) is 18.7 Å². The van der Waals surface area contributed by atoms with Gasteiger partial charge in [0, 0.05) is 12.6 Å². The third-order valence-corrected chi connectivity index (χ3v) is 4.69. The molecule has 1 fully saturated rings. The Morgan fingerprint density at radius 3 is 2.57 bits per heavy atom. The zero-order valence-corrected chi connectivity index (χ0v) is 13.8. The first-order chi connectivity index (χ1) is 10.7. The highest BCUT2D eigenvalue weighted by Crippen LogP contribution is 2.34. The van der Waals surface area contributed by atoms with Crippen molar-refractivity contribution in [1.29, 1.82) is 0 Å². The lowest BCUT2D eigenvalue weighted by Crippen LogP contribution is -2.46. The van der Waals surface area contributed by atoms with Crippen LogP contribution in [0.2, 0.25) is 0 Å². The molecule has 0 aliphatic heterocycles. The summed E-state index contributed by atoms with van der Waals surface area (Å²) in [5.41, 5.74) is 4.75. The highest BCUT2D eigenvalue weighted by atomic mass is 32.2. The van der Waals surface area contributed by atoms with Crippen LogP contribution in [0.15, 0.2) is 18.2 Å². The Balaban J connectivity index is 2.05. The van der Waals surface area contributed by atoms with Gasteiger partial charge in [-0.25, -0.2) is 17.5 Å². The van der Waals surface area contributed by atoms with Gasteiger partial charge in [-0.15, -0.1) is 0 Å². The van der Waals surface area contributed by atoms with Crippen molar-refractivity contribution in [2.24, 2.45) is 5.73 Å². The van der Waals surface area contributed by atoms with E-state index in [2.05, 4.69) is 4.72 Å². The molecule has 1 amide bonds. The number of carbonyl (C=O) groups excluding carboxylic acids is 1. The number of sulfonamides is 1. The molecule has 0 spiro atoms. The van der Waals surface area contributed by atoms with Crippen molar-refractivity contribution in [3.8, 4) is 5.75 Å².